The van der Waals surface area contributed by atoms with Crippen LogP contribution in [0.3, 0.4) is 0 Å². The number of hydrogen-bond donors (Lipinski definition) is 2. The Morgan fingerprint density at radius 1 is 0.778 bits per heavy atom. The van der Waals surface area contributed by atoms with E-state index in [1.54, 1.807) is 53.4 Å². The van der Waals surface area contributed by atoms with Crippen molar-refractivity contribution in [2.75, 3.05) is 4.90 Å². The highest BCUT2D eigenvalue weighted by atomic mass is 35.5. The van der Waals surface area contributed by atoms with Crippen molar-refractivity contribution in [3.05, 3.63) is 87.9 Å². The molecule has 0 spiro atoms. The molecule has 5 nitrogen and oxygen atoms in total. The van der Waals surface area contributed by atoms with Crippen molar-refractivity contribution in [2.45, 2.75) is 0 Å². The molecule has 0 amide bonds. The van der Waals surface area contributed by atoms with E-state index >= 15 is 0 Å². The molecule has 0 bridgehead atoms. The van der Waals surface area contributed by atoms with Crippen LogP contribution < -0.4 is 4.90 Å². The molecule has 0 aliphatic carbocycles. The number of para-hydroxylation sites is 2. The van der Waals surface area contributed by atoms with Crippen LogP contribution in [0.1, 0.15) is 20.7 Å². The van der Waals surface area contributed by atoms with E-state index in [0.717, 1.165) is 6.07 Å². The largest absolute Gasteiger partial charge is 0.478 e. The molecule has 0 saturated heterocycles. The highest BCUT2D eigenvalue weighted by Gasteiger charge is 2.28. The number of nitrogens with zero attached hydrogens (tertiary/aromatic N) is 1. The van der Waals surface area contributed by atoms with E-state index < -0.39 is 11.9 Å². The minimum atomic E-state index is -1.34. The summed E-state index contributed by atoms with van der Waals surface area (Å²) in [5, 5.41) is 18.7. The van der Waals surface area contributed by atoms with Gasteiger partial charge >= 0.3 is 11.9 Å². The summed E-state index contributed by atoms with van der Waals surface area (Å²) in [6.45, 7) is 0. The number of benzene rings is 3. The van der Waals surface area contributed by atoms with Gasteiger partial charge in [-0.1, -0.05) is 59.6 Å². The number of carboxylic acid groups (broad SMARTS) is 2. The lowest BCUT2D eigenvalue weighted by Crippen LogP contribution is -2.17. The Morgan fingerprint density at radius 3 is 1.67 bits per heavy atom. The van der Waals surface area contributed by atoms with Crippen LogP contribution >= 0.6 is 23.2 Å². The number of hydrogen-bond acceptors (Lipinski definition) is 3. The van der Waals surface area contributed by atoms with Gasteiger partial charge < -0.3 is 15.1 Å². The molecule has 0 heterocycles. The average Bonchev–Trinajstić information content (AvgIpc) is 2.65. The minimum Gasteiger partial charge on any atom is -0.478 e. The molecule has 3 aromatic rings. The molecule has 0 unspecified atom stereocenters. The Labute approximate surface area is 165 Å². The summed E-state index contributed by atoms with van der Waals surface area (Å²) < 4.78 is 0. The summed E-state index contributed by atoms with van der Waals surface area (Å²) in [6, 6.07) is 19.0. The fraction of sp³-hybridized carbons (Fsp3) is 0. The van der Waals surface area contributed by atoms with Crippen molar-refractivity contribution in [3.8, 4) is 0 Å². The summed E-state index contributed by atoms with van der Waals surface area (Å²) in [5.74, 6) is -2.62. The van der Waals surface area contributed by atoms with E-state index in [2.05, 4.69) is 0 Å². The van der Waals surface area contributed by atoms with Crippen LogP contribution in [-0.2, 0) is 0 Å². The minimum absolute atomic E-state index is 0.0309. The van der Waals surface area contributed by atoms with E-state index in [-0.39, 0.29) is 26.9 Å². The van der Waals surface area contributed by atoms with Gasteiger partial charge in [0.05, 0.1) is 26.9 Å². The molecule has 0 fully saturated rings. The zero-order valence-corrected chi connectivity index (χ0v) is 15.3. The van der Waals surface area contributed by atoms with Crippen LogP contribution in [0.25, 0.3) is 0 Å². The van der Waals surface area contributed by atoms with Gasteiger partial charge in [-0.3, -0.25) is 0 Å². The van der Waals surface area contributed by atoms with Gasteiger partial charge in [-0.05, 0) is 30.3 Å². The number of anilines is 3. The second-order valence-corrected chi connectivity index (χ2v) is 6.35. The topological polar surface area (TPSA) is 77.8 Å². The lowest BCUT2D eigenvalue weighted by atomic mass is 10.1. The summed E-state index contributed by atoms with van der Waals surface area (Å²) >= 11 is 12.4. The molecule has 2 N–H and O–H groups in total. The Bertz CT molecular complexity index is 968. The Hall–Kier alpha value is -3.02. The molecule has 0 atom stereocenters. The van der Waals surface area contributed by atoms with E-state index in [9.17, 15) is 19.8 Å². The molecule has 7 heteroatoms. The van der Waals surface area contributed by atoms with Crippen molar-refractivity contribution in [1.29, 1.82) is 0 Å². The standard InChI is InChI=1S/C20H13Cl2NO4/c21-15-11-14(19(24)25)18(17(22)16(15)20(26)27)23(12-7-3-1-4-8-12)13-9-5-2-6-10-13/h1-11H,(H,24,25)(H,26,27). The fourth-order valence-electron chi connectivity index (χ4n) is 2.75. The van der Waals surface area contributed by atoms with Crippen LogP contribution in [-0.4, -0.2) is 22.2 Å². The molecule has 0 aromatic heterocycles. The number of aromatic carboxylic acids is 2. The maximum absolute atomic E-state index is 11.9. The number of carbonyl (C=O) groups is 2. The van der Waals surface area contributed by atoms with E-state index in [4.69, 9.17) is 23.2 Å². The summed E-state index contributed by atoms with van der Waals surface area (Å²) in [5.41, 5.74) is 0.708. The first-order valence-corrected chi connectivity index (χ1v) is 8.56. The molecule has 0 radical (unpaired) electrons. The lowest BCUT2D eigenvalue weighted by molar-refractivity contribution is 0.0682. The summed E-state index contributed by atoms with van der Waals surface area (Å²) in [4.78, 5) is 25.1. The third kappa shape index (κ3) is 3.60. The maximum atomic E-state index is 11.9. The number of halogens is 2. The zero-order valence-electron chi connectivity index (χ0n) is 13.8. The third-order valence-electron chi connectivity index (χ3n) is 3.89. The first-order chi connectivity index (χ1) is 12.9. The van der Waals surface area contributed by atoms with E-state index in [1.165, 1.54) is 0 Å². The number of rotatable bonds is 5. The highest BCUT2D eigenvalue weighted by molar-refractivity contribution is 6.42. The van der Waals surface area contributed by atoms with Gasteiger partial charge in [0.25, 0.3) is 0 Å². The Balaban J connectivity index is 2.40. The first-order valence-electron chi connectivity index (χ1n) is 7.80. The molecule has 3 rings (SSSR count). The summed E-state index contributed by atoms with van der Waals surface area (Å²) in [6.07, 6.45) is 0. The quantitative estimate of drug-likeness (QED) is 0.559. The molecule has 27 heavy (non-hydrogen) atoms. The maximum Gasteiger partial charge on any atom is 0.338 e. The van der Waals surface area contributed by atoms with Crippen LogP contribution in [0.2, 0.25) is 10.0 Å². The van der Waals surface area contributed by atoms with Crippen molar-refractivity contribution in [2.24, 2.45) is 0 Å². The summed E-state index contributed by atoms with van der Waals surface area (Å²) in [7, 11) is 0. The zero-order chi connectivity index (χ0) is 19.6. The second kappa shape index (κ2) is 7.70. The van der Waals surface area contributed by atoms with E-state index in [1.807, 2.05) is 12.1 Å². The van der Waals surface area contributed by atoms with Gasteiger partial charge in [0.15, 0.2) is 0 Å². The lowest BCUT2D eigenvalue weighted by Gasteiger charge is -2.28. The van der Waals surface area contributed by atoms with Gasteiger partial charge in [0.1, 0.15) is 0 Å². The normalized spacial score (nSPS) is 10.4. The fourth-order valence-corrected chi connectivity index (χ4v) is 3.45. The first kappa shape index (κ1) is 18.8. The van der Waals surface area contributed by atoms with Gasteiger partial charge in [-0.15, -0.1) is 0 Å². The molecule has 0 aliphatic heterocycles. The van der Waals surface area contributed by atoms with Crippen molar-refractivity contribution in [1.82, 2.24) is 0 Å². The monoisotopic (exact) mass is 401 g/mol. The molecule has 0 aliphatic rings. The second-order valence-electron chi connectivity index (χ2n) is 5.56. The Kier molecular flexibility index (Phi) is 5.35. The highest BCUT2D eigenvalue weighted by Crippen LogP contribution is 2.44. The van der Waals surface area contributed by atoms with Gasteiger partial charge in [-0.2, -0.15) is 0 Å². The van der Waals surface area contributed by atoms with Gasteiger partial charge in [-0.25, -0.2) is 9.59 Å². The molecular formula is C20H13Cl2NO4. The molecule has 136 valence electrons. The Morgan fingerprint density at radius 2 is 1.26 bits per heavy atom. The third-order valence-corrected chi connectivity index (χ3v) is 4.56. The number of carboxylic acids is 2. The van der Waals surface area contributed by atoms with Crippen molar-refractivity contribution in [3.63, 3.8) is 0 Å². The molecule has 0 saturated carbocycles. The van der Waals surface area contributed by atoms with Crippen LogP contribution in [0, 0.1) is 0 Å². The smallest absolute Gasteiger partial charge is 0.338 e. The molecular weight excluding hydrogens is 389 g/mol. The van der Waals surface area contributed by atoms with Gasteiger partial charge in [0, 0.05) is 11.4 Å². The van der Waals surface area contributed by atoms with Crippen LogP contribution in [0.4, 0.5) is 17.1 Å². The predicted molar refractivity (Wildman–Crippen MR) is 105 cm³/mol. The van der Waals surface area contributed by atoms with Crippen LogP contribution in [0.5, 0.6) is 0 Å². The van der Waals surface area contributed by atoms with E-state index in [0.29, 0.717) is 11.4 Å². The molecule has 3 aromatic carbocycles. The average molecular weight is 402 g/mol. The van der Waals surface area contributed by atoms with Crippen molar-refractivity contribution < 1.29 is 19.8 Å². The van der Waals surface area contributed by atoms with Gasteiger partial charge in [0.2, 0.25) is 0 Å². The van der Waals surface area contributed by atoms with Crippen LogP contribution in [0.15, 0.2) is 66.7 Å². The predicted octanol–water partition coefficient (Wildman–Crippen LogP) is 5.86. The SMILES string of the molecule is O=C(O)c1cc(Cl)c(C(=O)O)c(Cl)c1N(c1ccccc1)c1ccccc1. The van der Waals surface area contributed by atoms with Crippen molar-refractivity contribution >= 4 is 52.2 Å².